The number of fused-ring (bicyclic) bond motifs is 2. The summed E-state index contributed by atoms with van der Waals surface area (Å²) in [5, 5.41) is 9.07. The summed E-state index contributed by atoms with van der Waals surface area (Å²) in [6, 6.07) is 26.8. The zero-order valence-electron chi connectivity index (χ0n) is 19.2. The molecule has 1 amide bonds. The molecule has 8 heteroatoms. The van der Waals surface area contributed by atoms with E-state index in [-0.39, 0.29) is 24.1 Å². The quantitative estimate of drug-likeness (QED) is 0.157. The molecule has 4 aromatic rings. The maximum atomic E-state index is 14.6. The zero-order chi connectivity index (χ0) is 25.1. The summed E-state index contributed by atoms with van der Waals surface area (Å²) in [4.78, 5) is 20.8. The van der Waals surface area contributed by atoms with E-state index in [9.17, 15) is 9.18 Å². The lowest BCUT2D eigenvalue weighted by molar-refractivity contribution is -0.116. The summed E-state index contributed by atoms with van der Waals surface area (Å²) in [7, 11) is 0. The molecule has 0 spiro atoms. The smallest absolute Gasteiger partial charge is 0.253 e. The molecule has 0 atom stereocenters. The number of hydrogen-bond acceptors (Lipinski definition) is 4. The third kappa shape index (κ3) is 4.94. The van der Waals surface area contributed by atoms with Gasteiger partial charge in [0.1, 0.15) is 12.4 Å². The minimum absolute atomic E-state index is 0.230. The van der Waals surface area contributed by atoms with E-state index < -0.39 is 0 Å². The van der Waals surface area contributed by atoms with Crippen molar-refractivity contribution in [3.05, 3.63) is 113 Å². The number of nitrogens with zero attached hydrogens (tertiary/aromatic N) is 4. The van der Waals surface area contributed by atoms with E-state index >= 15 is 0 Å². The number of aliphatic imine (C=N–C) groups is 1. The molecule has 0 saturated carbocycles. The SMILES string of the molecule is Cc1ccc(N=NC(=NCC(=O)N2c3ccccc3Sc3c(F)cccc32)c2ccccc2Cl)cc1. The van der Waals surface area contributed by atoms with Crippen LogP contribution in [0.1, 0.15) is 11.1 Å². The van der Waals surface area contributed by atoms with E-state index in [0.717, 1.165) is 10.5 Å². The van der Waals surface area contributed by atoms with E-state index in [0.29, 0.717) is 32.5 Å². The van der Waals surface area contributed by atoms with Crippen LogP contribution in [-0.4, -0.2) is 18.3 Å². The predicted molar refractivity (Wildman–Crippen MR) is 143 cm³/mol. The summed E-state index contributed by atoms with van der Waals surface area (Å²) >= 11 is 7.72. The summed E-state index contributed by atoms with van der Waals surface area (Å²) in [5.41, 5.74) is 3.49. The van der Waals surface area contributed by atoms with Crippen LogP contribution in [0.5, 0.6) is 0 Å². The summed E-state index contributed by atoms with van der Waals surface area (Å²) in [5.74, 6) is -0.477. The average Bonchev–Trinajstić information content (AvgIpc) is 2.89. The van der Waals surface area contributed by atoms with Gasteiger partial charge in [0.25, 0.3) is 5.91 Å². The number of amidine groups is 1. The van der Waals surface area contributed by atoms with Crippen LogP contribution in [0.2, 0.25) is 5.02 Å². The highest BCUT2D eigenvalue weighted by Gasteiger charge is 2.29. The Morgan fingerprint density at radius 3 is 2.44 bits per heavy atom. The number of para-hydroxylation sites is 1. The lowest BCUT2D eigenvalue weighted by Gasteiger charge is -2.30. The van der Waals surface area contributed by atoms with Crippen molar-refractivity contribution in [1.82, 2.24) is 0 Å². The summed E-state index contributed by atoms with van der Waals surface area (Å²) < 4.78 is 14.6. The molecule has 5 nitrogen and oxygen atoms in total. The van der Waals surface area contributed by atoms with Crippen LogP contribution in [-0.2, 0) is 4.79 Å². The molecule has 0 aromatic heterocycles. The Hall–Kier alpha value is -3.81. The van der Waals surface area contributed by atoms with Crippen LogP contribution in [0.3, 0.4) is 0 Å². The standard InChI is InChI=1S/C28H20ClFN4OS/c1-18-13-15-19(16-14-18)32-33-28(20-7-2-3-8-21(20)29)31-17-26(35)34-23-10-4-5-12-25(23)36-27-22(30)9-6-11-24(27)34/h2-16H,17H2,1H3. The fraction of sp³-hybridized carbons (Fsp3) is 0.0714. The maximum Gasteiger partial charge on any atom is 0.253 e. The van der Waals surface area contributed by atoms with Crippen molar-refractivity contribution in [1.29, 1.82) is 0 Å². The normalized spacial score (nSPS) is 13.0. The van der Waals surface area contributed by atoms with Crippen molar-refractivity contribution in [2.75, 3.05) is 11.4 Å². The Morgan fingerprint density at radius 1 is 0.917 bits per heavy atom. The molecule has 0 bridgehead atoms. The minimum Gasteiger partial charge on any atom is -0.277 e. The zero-order valence-corrected chi connectivity index (χ0v) is 20.8. The maximum absolute atomic E-state index is 14.6. The Bertz CT molecular complexity index is 1500. The summed E-state index contributed by atoms with van der Waals surface area (Å²) in [6.07, 6.45) is 0. The monoisotopic (exact) mass is 514 g/mol. The van der Waals surface area contributed by atoms with Crippen LogP contribution < -0.4 is 4.90 Å². The molecule has 0 saturated heterocycles. The van der Waals surface area contributed by atoms with Crippen molar-refractivity contribution in [3.8, 4) is 0 Å². The van der Waals surface area contributed by atoms with Crippen LogP contribution in [0.25, 0.3) is 0 Å². The molecule has 0 fully saturated rings. The molecular weight excluding hydrogens is 495 g/mol. The Kier molecular flexibility index (Phi) is 6.93. The molecule has 36 heavy (non-hydrogen) atoms. The molecular formula is C28H20ClFN4OS. The fourth-order valence-corrected chi connectivity index (χ4v) is 5.03. The van der Waals surface area contributed by atoms with E-state index in [1.807, 2.05) is 61.5 Å². The molecule has 0 unspecified atom stereocenters. The largest absolute Gasteiger partial charge is 0.277 e. The third-order valence-corrected chi connectivity index (χ3v) is 7.03. The Morgan fingerprint density at radius 2 is 1.64 bits per heavy atom. The highest BCUT2D eigenvalue weighted by Crippen LogP contribution is 2.49. The van der Waals surface area contributed by atoms with Crippen LogP contribution in [0.4, 0.5) is 21.5 Å². The lowest BCUT2D eigenvalue weighted by atomic mass is 10.2. The Labute approximate surface area is 217 Å². The first-order valence-corrected chi connectivity index (χ1v) is 12.4. The number of carbonyl (C=O) groups excluding carboxylic acids is 1. The number of azo groups is 1. The van der Waals surface area contributed by atoms with Gasteiger partial charge < -0.3 is 0 Å². The number of halogens is 2. The van der Waals surface area contributed by atoms with Crippen molar-refractivity contribution >= 4 is 52.2 Å². The number of amides is 1. The number of rotatable bonds is 4. The molecule has 4 aromatic carbocycles. The van der Waals surface area contributed by atoms with Gasteiger partial charge in [-0.25, -0.2) is 4.39 Å². The van der Waals surface area contributed by atoms with Crippen LogP contribution in [0.15, 0.2) is 116 Å². The second-order valence-electron chi connectivity index (χ2n) is 8.04. The Balaban J connectivity index is 1.51. The van der Waals surface area contributed by atoms with Gasteiger partial charge in [-0.3, -0.25) is 14.7 Å². The van der Waals surface area contributed by atoms with Gasteiger partial charge in [0.05, 0.1) is 27.0 Å². The molecule has 1 aliphatic rings. The van der Waals surface area contributed by atoms with Crippen LogP contribution in [0, 0.1) is 12.7 Å². The first kappa shape index (κ1) is 23.9. The number of carbonyl (C=O) groups is 1. The number of benzene rings is 4. The molecule has 5 rings (SSSR count). The van der Waals surface area contributed by atoms with Crippen molar-refractivity contribution in [3.63, 3.8) is 0 Å². The van der Waals surface area contributed by atoms with Gasteiger partial charge in [-0.1, -0.05) is 71.4 Å². The fourth-order valence-electron chi connectivity index (χ4n) is 3.75. The number of aryl methyl sites for hydroxylation is 1. The molecule has 0 radical (unpaired) electrons. The second-order valence-corrected chi connectivity index (χ2v) is 9.50. The average molecular weight is 515 g/mol. The molecule has 0 aliphatic carbocycles. The van der Waals surface area contributed by atoms with E-state index in [2.05, 4.69) is 15.2 Å². The predicted octanol–water partition coefficient (Wildman–Crippen LogP) is 8.15. The third-order valence-electron chi connectivity index (χ3n) is 5.53. The topological polar surface area (TPSA) is 57.4 Å². The van der Waals surface area contributed by atoms with E-state index in [4.69, 9.17) is 11.6 Å². The first-order chi connectivity index (χ1) is 17.5. The van der Waals surface area contributed by atoms with Gasteiger partial charge in [0.2, 0.25) is 0 Å². The molecule has 0 N–H and O–H groups in total. The van der Waals surface area contributed by atoms with Gasteiger partial charge in [-0.15, -0.1) is 10.2 Å². The van der Waals surface area contributed by atoms with Crippen LogP contribution >= 0.6 is 23.4 Å². The van der Waals surface area contributed by atoms with Gasteiger partial charge in [0, 0.05) is 10.5 Å². The highest BCUT2D eigenvalue weighted by molar-refractivity contribution is 7.99. The van der Waals surface area contributed by atoms with E-state index in [1.54, 1.807) is 30.3 Å². The van der Waals surface area contributed by atoms with Crippen molar-refractivity contribution in [2.45, 2.75) is 16.7 Å². The molecule has 1 heterocycles. The van der Waals surface area contributed by atoms with Gasteiger partial charge in [-0.2, -0.15) is 0 Å². The summed E-state index contributed by atoms with van der Waals surface area (Å²) in [6.45, 7) is 1.76. The molecule has 178 valence electrons. The first-order valence-electron chi connectivity index (χ1n) is 11.2. The van der Waals surface area contributed by atoms with Gasteiger partial charge in [0.15, 0.2) is 5.84 Å². The number of anilines is 2. The van der Waals surface area contributed by atoms with Gasteiger partial charge in [-0.05, 0) is 55.5 Å². The second kappa shape index (κ2) is 10.4. The number of hydrogen-bond donors (Lipinski definition) is 0. The van der Waals surface area contributed by atoms with E-state index in [1.165, 1.54) is 22.7 Å². The van der Waals surface area contributed by atoms with Gasteiger partial charge >= 0.3 is 0 Å². The van der Waals surface area contributed by atoms with Crippen molar-refractivity contribution in [2.24, 2.45) is 15.2 Å². The highest BCUT2D eigenvalue weighted by atomic mass is 35.5. The minimum atomic E-state index is -0.378. The van der Waals surface area contributed by atoms with Crippen molar-refractivity contribution < 1.29 is 9.18 Å². The molecule has 1 aliphatic heterocycles. The lowest BCUT2D eigenvalue weighted by Crippen LogP contribution is -2.31.